The summed E-state index contributed by atoms with van der Waals surface area (Å²) in [6.45, 7) is 0.268. The van der Waals surface area contributed by atoms with Gasteiger partial charge in [-0.2, -0.15) is 0 Å². The largest absolute Gasteiger partial charge is 0.457 e. The first-order valence-corrected chi connectivity index (χ1v) is 10.5. The number of hydrogen-bond donors (Lipinski definition) is 0. The van der Waals surface area contributed by atoms with Crippen LogP contribution in [-0.2, 0) is 14.3 Å². The number of aromatic nitrogens is 2. The summed E-state index contributed by atoms with van der Waals surface area (Å²) in [6, 6.07) is 1.39. The van der Waals surface area contributed by atoms with Crippen molar-refractivity contribution in [1.82, 2.24) is 9.97 Å². The zero-order valence-electron chi connectivity index (χ0n) is 15.4. The van der Waals surface area contributed by atoms with Gasteiger partial charge in [-0.25, -0.2) is 9.37 Å². The van der Waals surface area contributed by atoms with Crippen LogP contribution < -0.4 is 4.90 Å². The standard InChI is InChI=1S/C20H22FN3O3S/c21-16-8-14(10-22-11-16)18(13-4-2-1-3-5-13)27-19(26)15-9-17(25)24(12-15)20-23-6-7-28-20/h6-8,10-11,13,15,18H,1-5,9,12H2. The molecule has 2 aromatic heterocycles. The molecule has 4 rings (SSSR count). The Morgan fingerprint density at radius 1 is 1.29 bits per heavy atom. The van der Waals surface area contributed by atoms with Gasteiger partial charge in [0.2, 0.25) is 5.91 Å². The van der Waals surface area contributed by atoms with Gasteiger partial charge in [0.15, 0.2) is 5.13 Å². The first kappa shape index (κ1) is 19.0. The fourth-order valence-corrected chi connectivity index (χ4v) is 4.75. The molecule has 0 spiro atoms. The third kappa shape index (κ3) is 4.06. The molecule has 8 heteroatoms. The Bertz CT molecular complexity index is 839. The molecule has 2 atom stereocenters. The summed E-state index contributed by atoms with van der Waals surface area (Å²) < 4.78 is 19.6. The lowest BCUT2D eigenvalue weighted by molar-refractivity contribution is -0.158. The average Bonchev–Trinajstić information content (AvgIpc) is 3.36. The normalized spacial score (nSPS) is 21.7. The smallest absolute Gasteiger partial charge is 0.311 e. The van der Waals surface area contributed by atoms with Crippen molar-refractivity contribution in [3.05, 3.63) is 41.4 Å². The van der Waals surface area contributed by atoms with Crippen LogP contribution >= 0.6 is 11.3 Å². The minimum Gasteiger partial charge on any atom is -0.457 e. The Labute approximate surface area is 166 Å². The van der Waals surface area contributed by atoms with Crippen molar-refractivity contribution >= 4 is 28.3 Å². The van der Waals surface area contributed by atoms with Gasteiger partial charge in [-0.15, -0.1) is 11.3 Å². The van der Waals surface area contributed by atoms with Crippen LogP contribution in [0.3, 0.4) is 0 Å². The minimum atomic E-state index is -0.538. The highest BCUT2D eigenvalue weighted by atomic mass is 32.1. The van der Waals surface area contributed by atoms with Gasteiger partial charge >= 0.3 is 5.97 Å². The van der Waals surface area contributed by atoms with E-state index >= 15 is 0 Å². The minimum absolute atomic E-state index is 0.108. The molecule has 1 amide bonds. The van der Waals surface area contributed by atoms with Crippen molar-refractivity contribution in [2.75, 3.05) is 11.4 Å². The Hall–Kier alpha value is -2.35. The van der Waals surface area contributed by atoms with E-state index in [0.29, 0.717) is 10.7 Å². The van der Waals surface area contributed by atoms with Crippen LogP contribution in [0.2, 0.25) is 0 Å². The van der Waals surface area contributed by atoms with E-state index in [1.54, 1.807) is 17.8 Å². The Morgan fingerprint density at radius 2 is 2.11 bits per heavy atom. The Morgan fingerprint density at radius 3 is 2.82 bits per heavy atom. The van der Waals surface area contributed by atoms with Gasteiger partial charge in [0, 0.05) is 42.2 Å². The molecule has 0 aromatic carbocycles. The van der Waals surface area contributed by atoms with Crippen LogP contribution in [0.25, 0.3) is 0 Å². The molecule has 3 heterocycles. The third-order valence-corrected chi connectivity index (χ3v) is 6.28. The van der Waals surface area contributed by atoms with Gasteiger partial charge in [-0.3, -0.25) is 19.5 Å². The van der Waals surface area contributed by atoms with Gasteiger partial charge in [0.05, 0.1) is 12.1 Å². The highest BCUT2D eigenvalue weighted by Crippen LogP contribution is 2.38. The van der Waals surface area contributed by atoms with Crippen LogP contribution in [0.5, 0.6) is 0 Å². The summed E-state index contributed by atoms with van der Waals surface area (Å²) in [6.07, 6.45) is 9.10. The molecule has 2 aliphatic rings. The molecule has 2 aromatic rings. The van der Waals surface area contributed by atoms with Gasteiger partial charge in [0.1, 0.15) is 11.9 Å². The average molecular weight is 403 g/mol. The van der Waals surface area contributed by atoms with E-state index in [9.17, 15) is 14.0 Å². The molecule has 1 aliphatic carbocycles. The zero-order valence-corrected chi connectivity index (χ0v) is 16.2. The molecule has 28 heavy (non-hydrogen) atoms. The Balaban J connectivity index is 1.50. The van der Waals surface area contributed by atoms with Crippen molar-refractivity contribution in [2.45, 2.75) is 44.6 Å². The van der Waals surface area contributed by atoms with Crippen LogP contribution in [-0.4, -0.2) is 28.4 Å². The molecule has 1 aliphatic heterocycles. The van der Waals surface area contributed by atoms with Crippen LogP contribution in [0, 0.1) is 17.7 Å². The molecule has 6 nitrogen and oxygen atoms in total. The molecule has 2 fully saturated rings. The van der Waals surface area contributed by atoms with Crippen molar-refractivity contribution < 1.29 is 18.7 Å². The van der Waals surface area contributed by atoms with Gasteiger partial charge in [0.25, 0.3) is 0 Å². The number of carbonyl (C=O) groups is 2. The lowest BCUT2D eigenvalue weighted by Crippen LogP contribution is -2.28. The number of halogens is 1. The van der Waals surface area contributed by atoms with Crippen molar-refractivity contribution in [2.24, 2.45) is 11.8 Å². The summed E-state index contributed by atoms with van der Waals surface area (Å²) in [5, 5.41) is 2.39. The predicted molar refractivity (Wildman–Crippen MR) is 102 cm³/mol. The number of anilines is 1. The van der Waals surface area contributed by atoms with Crippen LogP contribution in [0.4, 0.5) is 9.52 Å². The molecule has 0 bridgehead atoms. The molecule has 0 N–H and O–H groups in total. The SMILES string of the molecule is O=C(OC(c1cncc(F)c1)C1CCCCC1)C1CC(=O)N(c2nccs2)C1. The lowest BCUT2D eigenvalue weighted by atomic mass is 9.83. The number of nitrogens with zero attached hydrogens (tertiary/aromatic N) is 3. The number of rotatable bonds is 5. The van der Waals surface area contributed by atoms with E-state index in [2.05, 4.69) is 9.97 Å². The second-order valence-corrected chi connectivity index (χ2v) is 8.29. The summed E-state index contributed by atoms with van der Waals surface area (Å²) in [4.78, 5) is 34.8. The molecule has 0 radical (unpaired) electrons. The van der Waals surface area contributed by atoms with E-state index in [-0.39, 0.29) is 24.8 Å². The molecular formula is C20H22FN3O3S. The highest BCUT2D eigenvalue weighted by Gasteiger charge is 2.39. The van der Waals surface area contributed by atoms with E-state index in [1.807, 2.05) is 0 Å². The third-order valence-electron chi connectivity index (χ3n) is 5.48. The Kier molecular flexibility index (Phi) is 5.66. The van der Waals surface area contributed by atoms with Crippen molar-refractivity contribution in [3.63, 3.8) is 0 Å². The fourth-order valence-electron chi connectivity index (χ4n) is 4.08. The first-order chi connectivity index (χ1) is 13.6. The number of amides is 1. The van der Waals surface area contributed by atoms with E-state index in [1.165, 1.54) is 28.7 Å². The van der Waals surface area contributed by atoms with Gasteiger partial charge in [-0.05, 0) is 18.9 Å². The number of ether oxygens (including phenoxy) is 1. The number of carbonyl (C=O) groups excluding carboxylic acids is 2. The second-order valence-electron chi connectivity index (χ2n) is 7.41. The summed E-state index contributed by atoms with van der Waals surface area (Å²) >= 11 is 1.36. The quantitative estimate of drug-likeness (QED) is 0.708. The summed E-state index contributed by atoms with van der Waals surface area (Å²) in [5.74, 6) is -1.37. The van der Waals surface area contributed by atoms with E-state index in [0.717, 1.165) is 31.9 Å². The van der Waals surface area contributed by atoms with E-state index < -0.39 is 23.8 Å². The molecule has 1 saturated heterocycles. The molecule has 148 valence electrons. The summed E-state index contributed by atoms with van der Waals surface area (Å²) in [7, 11) is 0. The summed E-state index contributed by atoms with van der Waals surface area (Å²) in [5.41, 5.74) is 0.585. The zero-order chi connectivity index (χ0) is 19.5. The lowest BCUT2D eigenvalue weighted by Gasteiger charge is -2.30. The number of thiazole rings is 1. The monoisotopic (exact) mass is 403 g/mol. The fraction of sp³-hybridized carbons (Fsp3) is 0.500. The van der Waals surface area contributed by atoms with E-state index in [4.69, 9.17) is 4.74 Å². The first-order valence-electron chi connectivity index (χ1n) is 9.62. The number of hydrogen-bond acceptors (Lipinski definition) is 6. The van der Waals surface area contributed by atoms with Crippen molar-refractivity contribution in [3.8, 4) is 0 Å². The van der Waals surface area contributed by atoms with Gasteiger partial charge in [-0.1, -0.05) is 19.3 Å². The van der Waals surface area contributed by atoms with Crippen LogP contribution in [0.1, 0.15) is 50.2 Å². The topological polar surface area (TPSA) is 72.4 Å². The van der Waals surface area contributed by atoms with Crippen LogP contribution in [0.15, 0.2) is 30.0 Å². The maximum atomic E-state index is 13.7. The number of esters is 1. The number of pyridine rings is 1. The maximum Gasteiger partial charge on any atom is 0.311 e. The molecule has 2 unspecified atom stereocenters. The molecular weight excluding hydrogens is 381 g/mol. The second kappa shape index (κ2) is 8.34. The maximum absolute atomic E-state index is 13.7. The van der Waals surface area contributed by atoms with Gasteiger partial charge < -0.3 is 4.74 Å². The highest BCUT2D eigenvalue weighted by molar-refractivity contribution is 7.13. The predicted octanol–water partition coefficient (Wildman–Crippen LogP) is 3.89. The van der Waals surface area contributed by atoms with Crippen molar-refractivity contribution in [1.29, 1.82) is 0 Å². The molecule has 1 saturated carbocycles.